The first-order chi connectivity index (χ1) is 62.7. The molecule has 10 saturated carbocycles. The van der Waals surface area contributed by atoms with Crippen LogP contribution in [-0.2, 0) is 23.8 Å². The van der Waals surface area contributed by atoms with E-state index in [1.54, 1.807) is 57.2 Å². The molecule has 14 atom stereocenters. The van der Waals surface area contributed by atoms with Crippen LogP contribution in [0, 0.1) is 70.0 Å². The van der Waals surface area contributed by atoms with Crippen LogP contribution < -0.4 is 23.7 Å². The summed E-state index contributed by atoms with van der Waals surface area (Å²) in [5, 5.41) is 18.0. The predicted octanol–water partition coefficient (Wildman–Crippen LogP) is 32.6. The van der Waals surface area contributed by atoms with E-state index in [9.17, 15) is 14.4 Å². The van der Waals surface area contributed by atoms with Crippen molar-refractivity contribution in [2.45, 2.75) is 390 Å². The van der Waals surface area contributed by atoms with Crippen LogP contribution in [0.25, 0.3) is 0 Å². The van der Waals surface area contributed by atoms with E-state index in [-0.39, 0.29) is 35.3 Å². The third kappa shape index (κ3) is 31.2. The molecule has 14 unspecified atom stereocenters. The van der Waals surface area contributed by atoms with Gasteiger partial charge in [-0.05, 0) is 394 Å². The molecule has 0 aliphatic heterocycles. The van der Waals surface area contributed by atoms with E-state index < -0.39 is 11.8 Å². The number of phenols is 2. The van der Waals surface area contributed by atoms with Crippen molar-refractivity contribution >= 4 is 18.1 Å². The van der Waals surface area contributed by atoms with Gasteiger partial charge in [0.05, 0.1) is 23.5 Å². The number of aromatic hydroxyl groups is 2. The molecular weight excluding hydrogens is 1630 g/mol. The Kier molecular flexibility index (Phi) is 40.8. The molecule has 131 heavy (non-hydrogen) atoms. The molecule has 0 saturated heterocycles. The van der Waals surface area contributed by atoms with Gasteiger partial charge in [-0.2, -0.15) is 0 Å². The van der Waals surface area contributed by atoms with E-state index in [0.717, 1.165) is 148 Å². The van der Waals surface area contributed by atoms with Crippen LogP contribution >= 0.6 is 0 Å². The van der Waals surface area contributed by atoms with E-state index >= 15 is 0 Å². The Morgan fingerprint density at radius 1 is 0.366 bits per heavy atom. The van der Waals surface area contributed by atoms with Crippen molar-refractivity contribution in [1.82, 2.24) is 0 Å². The maximum atomic E-state index is 12.9. The van der Waals surface area contributed by atoms with Crippen molar-refractivity contribution in [3.8, 4) is 40.2 Å². The molecule has 0 amide bonds. The smallest absolute Gasteiger partial charge is 0.508 e. The summed E-state index contributed by atoms with van der Waals surface area (Å²) in [5.41, 5.74) is 8.39. The largest absolute Gasteiger partial charge is 0.514 e. The Morgan fingerprint density at radius 3 is 1.07 bits per heavy atom. The molecule has 10 fully saturated rings. The van der Waals surface area contributed by atoms with Crippen molar-refractivity contribution < 1.29 is 62.5 Å². The van der Waals surface area contributed by atoms with E-state index in [2.05, 4.69) is 184 Å². The summed E-state index contributed by atoms with van der Waals surface area (Å²) in [5.74, 6) is 16.6. The number of rotatable bonds is 30. The van der Waals surface area contributed by atoms with Gasteiger partial charge < -0.3 is 48.1 Å². The number of carbonyl (C=O) groups excluding carboxylic acids is 3. The molecule has 0 spiro atoms. The Labute approximate surface area is 791 Å². The minimum absolute atomic E-state index is 0.00814. The van der Waals surface area contributed by atoms with Crippen molar-refractivity contribution in [3.05, 3.63) is 209 Å². The SMILES string of the molecule is CCC(C)c1ccc(O)cc1.CCC(C)c1ccc(O)cc1.CCC(C)c1ccc(OC(=O)C23CC4CC(CC(C4)C2)C3)cc1.CCC(C)c1ccc(OC(=O)C23CCC(CC2)C3)cc1.CCC(C)c1ccc(OC(=O)OC(C)(C)C)cc1.CCC(C)c1ccc(OC(C)OCCC2CCCCC2)cc1.CCC(C)c1ccc(OC(OC2CC3CC2C2CCCC32)C(C)C)cc1. The Balaban J connectivity index is 0.000000161. The van der Waals surface area contributed by atoms with Crippen LogP contribution in [0.4, 0.5) is 4.79 Å². The zero-order chi connectivity index (χ0) is 94.5. The number of hydrogen-bond acceptors (Lipinski definition) is 13. The van der Waals surface area contributed by atoms with Crippen molar-refractivity contribution in [2.75, 3.05) is 6.61 Å². The van der Waals surface area contributed by atoms with E-state index in [1.807, 2.05) is 67.6 Å². The van der Waals surface area contributed by atoms with Crippen LogP contribution in [0.1, 0.15) is 405 Å². The standard InChI is InChI=1S/C24H36O2.C21H28O2.C20H32O2.C18H24O2.C15H22O3.2C10H14O/c1-5-16(4)17-9-11-19(12-10-17)25-24(15(2)3)26-23-14-18-13-22(23)21-8-6-7-20(18)21;1-3-14(2)18-4-6-19(7-5-18)23-20(22)21-11-15-8-16(12-21)10-17(9-15)13-21;1-4-16(2)19-10-12-20(13-11-19)22-17(3)21-15-14-18-8-6-5-7-9-18;1-3-13(2)15-4-6-16(7-5-15)20-17(19)18-10-8-14(12-18)9-11-18;1-6-11(2)12-7-9-13(10-8-12)17-14(16)18-15(3,4)5;2*1-3-8(2)9-4-6-10(11)7-5-9/h9-12,15-16,18,20-24H,5-8,13-14H2,1-4H3;4-7,14-17H,3,8-13H2,1-2H3;10-13,16-18H,4-9,14-15H2,1-3H3;4-7,13-14H,3,8-12H2,1-2H3;7-11H,6H2,1-5H3;2*4-8,11H,3H2,1-2H3. The summed E-state index contributed by atoms with van der Waals surface area (Å²) < 4.78 is 46.2. The van der Waals surface area contributed by atoms with Gasteiger partial charge in [0.25, 0.3) is 0 Å². The molecule has 7 aromatic rings. The molecule has 2 N–H and O–H groups in total. The number of fused-ring (bicyclic) bond motifs is 7. The number of carbonyl (C=O) groups is 3. The van der Waals surface area contributed by atoms with Crippen LogP contribution in [0.3, 0.4) is 0 Å². The van der Waals surface area contributed by atoms with Crippen molar-refractivity contribution in [2.24, 2.45) is 70.0 Å². The van der Waals surface area contributed by atoms with Gasteiger partial charge in [0.15, 0.2) is 6.29 Å². The Bertz CT molecular complexity index is 4370. The lowest BCUT2D eigenvalue weighted by Crippen LogP contribution is -2.51. The van der Waals surface area contributed by atoms with Crippen molar-refractivity contribution in [1.29, 1.82) is 0 Å². The summed E-state index contributed by atoms with van der Waals surface area (Å²) in [4.78, 5) is 36.8. The molecule has 720 valence electrons. The van der Waals surface area contributed by atoms with Crippen molar-refractivity contribution in [3.63, 3.8) is 0 Å². The zero-order valence-electron chi connectivity index (χ0n) is 84.3. The summed E-state index contributed by atoms with van der Waals surface area (Å²) >= 11 is 0. The molecule has 8 bridgehead atoms. The molecular formula is C118H170O13. The first kappa shape index (κ1) is 105. The second-order valence-corrected chi connectivity index (χ2v) is 42.6. The van der Waals surface area contributed by atoms with E-state index in [4.69, 9.17) is 48.1 Å². The number of phenolic OH excluding ortho intramolecular Hbond substituents is 2. The summed E-state index contributed by atoms with van der Waals surface area (Å²) in [6.45, 7) is 43.5. The highest BCUT2D eigenvalue weighted by Crippen LogP contribution is 2.62. The van der Waals surface area contributed by atoms with Gasteiger partial charge in [0, 0.05) is 5.92 Å². The van der Waals surface area contributed by atoms with E-state index in [0.29, 0.717) is 76.4 Å². The number of benzene rings is 7. The maximum Gasteiger partial charge on any atom is 0.514 e. The fourth-order valence-electron chi connectivity index (χ4n) is 22.1. The average Bonchev–Trinajstić information content (AvgIpc) is 1.73. The first-order valence-corrected chi connectivity index (χ1v) is 51.8. The lowest BCUT2D eigenvalue weighted by Gasteiger charge is -2.55. The van der Waals surface area contributed by atoms with Gasteiger partial charge in [0.2, 0.25) is 6.29 Å². The quantitative estimate of drug-likeness (QED) is 0.0189. The van der Waals surface area contributed by atoms with Gasteiger partial charge in [0.1, 0.15) is 45.8 Å². The van der Waals surface area contributed by atoms with Crippen LogP contribution in [0.15, 0.2) is 170 Å². The zero-order valence-corrected chi connectivity index (χ0v) is 84.3. The summed E-state index contributed by atoms with van der Waals surface area (Å²) in [7, 11) is 0. The summed E-state index contributed by atoms with van der Waals surface area (Å²) in [6, 6.07) is 55.7. The Morgan fingerprint density at radius 2 is 0.710 bits per heavy atom. The predicted molar refractivity (Wildman–Crippen MR) is 536 cm³/mol. The van der Waals surface area contributed by atoms with Crippen LogP contribution in [0.5, 0.6) is 40.2 Å². The second kappa shape index (κ2) is 51.0. The Hall–Kier alpha value is -8.13. The van der Waals surface area contributed by atoms with Crippen LogP contribution in [-0.4, -0.2) is 59.2 Å². The molecule has 0 heterocycles. The van der Waals surface area contributed by atoms with Gasteiger partial charge in [-0.1, -0.05) is 234 Å². The van der Waals surface area contributed by atoms with Gasteiger partial charge in [-0.25, -0.2) is 4.79 Å². The highest BCUT2D eigenvalue weighted by atomic mass is 16.7. The maximum absolute atomic E-state index is 12.9. The minimum Gasteiger partial charge on any atom is -0.508 e. The average molecular weight is 1800 g/mol. The molecule has 13 heteroatoms. The van der Waals surface area contributed by atoms with Gasteiger partial charge in [-0.15, -0.1) is 0 Å². The molecule has 10 aliphatic rings. The summed E-state index contributed by atoms with van der Waals surface area (Å²) in [6.07, 6.45) is 35.5. The minimum atomic E-state index is -0.668. The highest BCUT2D eigenvalue weighted by molar-refractivity contribution is 5.81. The molecule has 17 rings (SSSR count). The number of esters is 2. The first-order valence-electron chi connectivity index (χ1n) is 51.8. The normalized spacial score (nSPS) is 24.8. The van der Waals surface area contributed by atoms with Gasteiger partial charge in [-0.3, -0.25) is 9.59 Å². The third-order valence-corrected chi connectivity index (χ3v) is 31.5. The highest BCUT2D eigenvalue weighted by Gasteiger charge is 2.57. The lowest BCUT2D eigenvalue weighted by atomic mass is 9.49. The number of hydrogen-bond donors (Lipinski definition) is 2. The van der Waals surface area contributed by atoms with Crippen LogP contribution in [0.2, 0.25) is 0 Å². The monoisotopic (exact) mass is 1800 g/mol. The fourth-order valence-corrected chi connectivity index (χ4v) is 22.1. The van der Waals surface area contributed by atoms with E-state index in [1.165, 1.54) is 155 Å². The molecule has 0 radical (unpaired) electrons. The molecule has 0 aromatic heterocycles. The van der Waals surface area contributed by atoms with Gasteiger partial charge >= 0.3 is 18.1 Å². The molecule has 10 aliphatic carbocycles. The molecule has 13 nitrogen and oxygen atoms in total. The third-order valence-electron chi connectivity index (χ3n) is 31.5. The fraction of sp³-hybridized carbons (Fsp3) is 0.619. The number of ether oxygens (including phenoxy) is 8. The second-order valence-electron chi connectivity index (χ2n) is 42.6. The topological polar surface area (TPSA) is 166 Å². The molecule has 7 aromatic carbocycles. The lowest BCUT2D eigenvalue weighted by molar-refractivity contribution is -0.162.